The van der Waals surface area contributed by atoms with Crippen LogP contribution in [0.3, 0.4) is 0 Å². The molecule has 0 saturated carbocycles. The molecule has 1 aromatic carbocycles. The first-order chi connectivity index (χ1) is 14.8. The predicted octanol–water partition coefficient (Wildman–Crippen LogP) is 2.67. The minimum atomic E-state index is -3.60. The first-order valence-corrected chi connectivity index (χ1v) is 12.8. The summed E-state index contributed by atoms with van der Waals surface area (Å²) in [4.78, 5) is 27.4. The Balaban J connectivity index is 1.60. The number of aromatic amines is 1. The molecule has 10 heteroatoms. The van der Waals surface area contributed by atoms with Crippen LogP contribution in [-0.2, 0) is 21.4 Å². The molecule has 1 fully saturated rings. The number of hydrogen-bond acceptors (Lipinski definition) is 5. The molecule has 1 unspecified atom stereocenters. The number of benzene rings is 1. The summed E-state index contributed by atoms with van der Waals surface area (Å²) >= 11 is 1.73. The lowest BCUT2D eigenvalue weighted by atomic mass is 10.1. The van der Waals surface area contributed by atoms with Crippen molar-refractivity contribution in [1.82, 2.24) is 14.6 Å². The molecule has 1 atom stereocenters. The highest BCUT2D eigenvalue weighted by atomic mass is 32.2. The van der Waals surface area contributed by atoms with Crippen LogP contribution < -0.4 is 10.6 Å². The van der Waals surface area contributed by atoms with Gasteiger partial charge in [-0.2, -0.15) is 16.1 Å². The Morgan fingerprint density at radius 2 is 1.97 bits per heavy atom. The number of rotatable bonds is 8. The van der Waals surface area contributed by atoms with Crippen molar-refractivity contribution in [2.45, 2.75) is 31.7 Å². The molecule has 0 radical (unpaired) electrons. The van der Waals surface area contributed by atoms with Crippen molar-refractivity contribution < 1.29 is 18.0 Å². The van der Waals surface area contributed by atoms with Crippen LogP contribution in [0.4, 0.5) is 5.69 Å². The number of hydrogen-bond donors (Lipinski definition) is 3. The second-order valence-corrected chi connectivity index (χ2v) is 10.6. The summed E-state index contributed by atoms with van der Waals surface area (Å²) in [6, 6.07) is 8.63. The molecule has 1 aromatic heterocycles. The summed E-state index contributed by atoms with van der Waals surface area (Å²) in [6.07, 6.45) is 2.11. The van der Waals surface area contributed by atoms with Crippen molar-refractivity contribution in [3.05, 3.63) is 47.8 Å². The molecule has 168 valence electrons. The highest BCUT2D eigenvalue weighted by molar-refractivity contribution is 7.99. The van der Waals surface area contributed by atoms with Crippen molar-refractivity contribution in [3.8, 4) is 0 Å². The van der Waals surface area contributed by atoms with Gasteiger partial charge in [0.05, 0.1) is 0 Å². The van der Waals surface area contributed by atoms with E-state index in [0.29, 0.717) is 18.8 Å². The molecule has 2 aromatic rings. The lowest BCUT2D eigenvalue weighted by molar-refractivity contribution is -0.119. The summed E-state index contributed by atoms with van der Waals surface area (Å²) in [5, 5.41) is 5.65. The fourth-order valence-corrected chi connectivity index (χ4v) is 5.65. The average Bonchev–Trinajstić information content (AvgIpc) is 3.29. The van der Waals surface area contributed by atoms with Crippen LogP contribution in [0.25, 0.3) is 0 Å². The Bertz CT molecular complexity index is 1030. The fourth-order valence-electron chi connectivity index (χ4n) is 3.08. The smallest absolute Gasteiger partial charge is 0.268 e. The Kier molecular flexibility index (Phi) is 7.79. The molecule has 31 heavy (non-hydrogen) atoms. The van der Waals surface area contributed by atoms with Crippen molar-refractivity contribution in [1.29, 1.82) is 0 Å². The summed E-state index contributed by atoms with van der Waals surface area (Å²) in [5.41, 5.74) is 1.68. The number of amides is 2. The van der Waals surface area contributed by atoms with E-state index in [1.165, 1.54) is 16.6 Å². The predicted molar refractivity (Wildman–Crippen MR) is 123 cm³/mol. The summed E-state index contributed by atoms with van der Waals surface area (Å²) in [6.45, 7) is 5.02. The van der Waals surface area contributed by atoms with E-state index in [4.69, 9.17) is 0 Å². The third kappa shape index (κ3) is 5.90. The maximum atomic E-state index is 12.7. The lowest BCUT2D eigenvalue weighted by Gasteiger charge is -2.24. The number of H-pyrrole nitrogens is 1. The molecular weight excluding hydrogens is 436 g/mol. The molecule has 1 aliphatic rings. The third-order valence-electron chi connectivity index (χ3n) is 5.22. The van der Waals surface area contributed by atoms with E-state index in [1.807, 2.05) is 26.0 Å². The Hall–Kier alpha value is -2.30. The van der Waals surface area contributed by atoms with Gasteiger partial charge in [0.2, 0.25) is 15.9 Å². The Morgan fingerprint density at radius 3 is 2.68 bits per heavy atom. The summed E-state index contributed by atoms with van der Waals surface area (Å²) in [5.74, 6) is 1.02. The van der Waals surface area contributed by atoms with E-state index in [9.17, 15) is 18.0 Å². The van der Waals surface area contributed by atoms with E-state index >= 15 is 0 Å². The van der Waals surface area contributed by atoms with E-state index in [-0.39, 0.29) is 29.0 Å². The van der Waals surface area contributed by atoms with Crippen molar-refractivity contribution >= 4 is 39.3 Å². The zero-order chi connectivity index (χ0) is 22.4. The molecule has 2 amide bonds. The van der Waals surface area contributed by atoms with Crippen molar-refractivity contribution in [3.63, 3.8) is 0 Å². The van der Waals surface area contributed by atoms with Gasteiger partial charge < -0.3 is 15.6 Å². The van der Waals surface area contributed by atoms with Crippen molar-refractivity contribution in [2.75, 3.05) is 29.9 Å². The minimum Gasteiger partial charge on any atom is -0.356 e. The van der Waals surface area contributed by atoms with Gasteiger partial charge in [0.25, 0.3) is 5.91 Å². The van der Waals surface area contributed by atoms with Gasteiger partial charge in [0.15, 0.2) is 0 Å². The van der Waals surface area contributed by atoms with Crippen LogP contribution in [0, 0.1) is 5.92 Å². The van der Waals surface area contributed by atoms with Crippen LogP contribution >= 0.6 is 11.8 Å². The number of thioether (sulfide) groups is 1. The molecule has 0 aliphatic carbocycles. The molecule has 0 bridgehead atoms. The Labute approximate surface area is 187 Å². The summed E-state index contributed by atoms with van der Waals surface area (Å²) < 4.78 is 26.9. The monoisotopic (exact) mass is 464 g/mol. The quantitative estimate of drug-likeness (QED) is 0.556. The van der Waals surface area contributed by atoms with Gasteiger partial charge in [-0.3, -0.25) is 9.59 Å². The van der Waals surface area contributed by atoms with E-state index in [2.05, 4.69) is 15.6 Å². The number of aromatic nitrogens is 1. The standard InChI is InChI=1S/C21H28N4O4S2/c1-3-15(2)20(26)24-17-6-4-5-16(11-17)13-23-21(27)19-12-18(14-22-19)31(28,29)25-7-9-30-10-8-25/h4-6,11-12,14-15,22H,3,7-10,13H2,1-2H3,(H,23,27)(H,24,26). The maximum absolute atomic E-state index is 12.7. The van der Waals surface area contributed by atoms with Gasteiger partial charge in [-0.05, 0) is 30.2 Å². The third-order valence-corrected chi connectivity index (χ3v) is 8.04. The first-order valence-electron chi connectivity index (χ1n) is 10.3. The van der Waals surface area contributed by atoms with Gasteiger partial charge in [0, 0.05) is 48.9 Å². The average molecular weight is 465 g/mol. The second kappa shape index (κ2) is 10.3. The fraction of sp³-hybridized carbons (Fsp3) is 0.429. The number of anilines is 1. The number of nitrogens with zero attached hydrogens (tertiary/aromatic N) is 1. The normalized spacial score (nSPS) is 15.9. The van der Waals surface area contributed by atoms with Gasteiger partial charge in [0.1, 0.15) is 10.6 Å². The first kappa shape index (κ1) is 23.4. The SMILES string of the molecule is CCC(C)C(=O)Nc1cccc(CNC(=O)c2cc(S(=O)(=O)N3CCSCC3)c[nH]2)c1. The second-order valence-electron chi connectivity index (χ2n) is 7.45. The Morgan fingerprint density at radius 1 is 1.23 bits per heavy atom. The van der Waals surface area contributed by atoms with Crippen LogP contribution in [0.2, 0.25) is 0 Å². The van der Waals surface area contributed by atoms with Gasteiger partial charge in [-0.15, -0.1) is 0 Å². The topological polar surface area (TPSA) is 111 Å². The number of carbonyl (C=O) groups excluding carboxylic acids is 2. The summed E-state index contributed by atoms with van der Waals surface area (Å²) in [7, 11) is -3.60. The zero-order valence-corrected chi connectivity index (χ0v) is 19.3. The molecule has 3 N–H and O–H groups in total. The highest BCUT2D eigenvalue weighted by Crippen LogP contribution is 2.21. The molecule has 3 rings (SSSR count). The van der Waals surface area contributed by atoms with E-state index < -0.39 is 15.9 Å². The molecule has 1 saturated heterocycles. The minimum absolute atomic E-state index is 0.0453. The zero-order valence-electron chi connectivity index (χ0n) is 17.7. The molecule has 2 heterocycles. The van der Waals surface area contributed by atoms with Crippen LogP contribution in [0.1, 0.15) is 36.3 Å². The lowest BCUT2D eigenvalue weighted by Crippen LogP contribution is -2.37. The van der Waals surface area contributed by atoms with Gasteiger partial charge >= 0.3 is 0 Å². The maximum Gasteiger partial charge on any atom is 0.268 e. The number of nitrogens with one attached hydrogen (secondary N) is 3. The van der Waals surface area contributed by atoms with Crippen molar-refractivity contribution in [2.24, 2.45) is 5.92 Å². The van der Waals surface area contributed by atoms with Crippen LogP contribution in [-0.4, -0.2) is 54.1 Å². The van der Waals surface area contributed by atoms with Crippen LogP contribution in [0.5, 0.6) is 0 Å². The van der Waals surface area contributed by atoms with Crippen LogP contribution in [0.15, 0.2) is 41.4 Å². The van der Waals surface area contributed by atoms with E-state index in [0.717, 1.165) is 23.5 Å². The van der Waals surface area contributed by atoms with E-state index in [1.54, 1.807) is 23.9 Å². The van der Waals surface area contributed by atoms with Gasteiger partial charge in [-0.25, -0.2) is 8.42 Å². The molecule has 8 nitrogen and oxygen atoms in total. The largest absolute Gasteiger partial charge is 0.356 e. The number of sulfonamides is 1. The highest BCUT2D eigenvalue weighted by Gasteiger charge is 2.27. The number of carbonyl (C=O) groups is 2. The molecular formula is C21H28N4O4S2. The molecule has 0 spiro atoms. The molecule has 1 aliphatic heterocycles. The van der Waals surface area contributed by atoms with Gasteiger partial charge in [-0.1, -0.05) is 26.0 Å².